The Kier molecular flexibility index (Phi) is 2.81. The molecule has 64 valence electrons. The number of ether oxygens (including phenoxy) is 1. The molecule has 3 nitrogen and oxygen atoms in total. The van der Waals surface area contributed by atoms with E-state index in [1.165, 1.54) is 0 Å². The minimum atomic E-state index is -0.159. The molecule has 0 fully saturated rings. The number of halogens is 1. The number of cyclic esters (lactones) is 1. The molecule has 1 aliphatic heterocycles. The number of esters is 1. The van der Waals surface area contributed by atoms with Crippen LogP contribution in [0.25, 0.3) is 0 Å². The molecule has 0 saturated heterocycles. The Labute approximate surface area is 80.7 Å². The van der Waals surface area contributed by atoms with Gasteiger partial charge in [0.2, 0.25) is 12.2 Å². The van der Waals surface area contributed by atoms with Crippen LogP contribution in [0, 0.1) is 0 Å². The van der Waals surface area contributed by atoms with Gasteiger partial charge in [-0.05, 0) is 6.07 Å². The van der Waals surface area contributed by atoms with Crippen LogP contribution in [-0.4, -0.2) is 5.97 Å². The van der Waals surface area contributed by atoms with Crippen LogP contribution in [0.1, 0.15) is 5.69 Å². The van der Waals surface area contributed by atoms with Gasteiger partial charge in [-0.1, -0.05) is 0 Å². The standard InChI is InChI=1S/C8H8NO2.BrH/c10-8-5-9-4-2-1-3-7(9)6-11-8;/h1-4H,5-6H2;1H/q+1;/p-1. The molecule has 0 radical (unpaired) electrons. The summed E-state index contributed by atoms with van der Waals surface area (Å²) in [6.45, 7) is 0.746. The molecule has 0 N–H and O–H groups in total. The number of pyridine rings is 1. The van der Waals surface area contributed by atoms with Crippen LogP contribution < -0.4 is 21.5 Å². The molecule has 0 amide bonds. The topological polar surface area (TPSA) is 30.2 Å². The lowest BCUT2D eigenvalue weighted by Gasteiger charge is -2.08. The molecule has 1 aromatic heterocycles. The van der Waals surface area contributed by atoms with Gasteiger partial charge in [0, 0.05) is 12.1 Å². The number of aromatic nitrogens is 1. The number of hydrogen-bond donors (Lipinski definition) is 0. The summed E-state index contributed by atoms with van der Waals surface area (Å²) in [7, 11) is 0. The third-order valence-electron chi connectivity index (χ3n) is 1.72. The van der Waals surface area contributed by atoms with Crippen LogP contribution >= 0.6 is 0 Å². The first kappa shape index (κ1) is 9.19. The molecular formula is C8H8BrNO2. The molecule has 0 spiro atoms. The predicted octanol–water partition coefficient (Wildman–Crippen LogP) is -2.97. The molecule has 1 aliphatic rings. The Morgan fingerprint density at radius 1 is 1.42 bits per heavy atom. The maximum atomic E-state index is 10.8. The van der Waals surface area contributed by atoms with Crippen molar-refractivity contribution in [2.75, 3.05) is 0 Å². The third-order valence-corrected chi connectivity index (χ3v) is 1.72. The minimum absolute atomic E-state index is 0. The van der Waals surface area contributed by atoms with Crippen LogP contribution in [0.3, 0.4) is 0 Å². The molecule has 0 bridgehead atoms. The highest BCUT2D eigenvalue weighted by atomic mass is 79.9. The number of fused-ring (bicyclic) bond motifs is 1. The smallest absolute Gasteiger partial charge is 0.373 e. The van der Waals surface area contributed by atoms with Gasteiger partial charge in [0.1, 0.15) is 0 Å². The monoisotopic (exact) mass is 229 g/mol. The van der Waals surface area contributed by atoms with Gasteiger partial charge in [-0.3, -0.25) is 0 Å². The minimum Gasteiger partial charge on any atom is -1.00 e. The van der Waals surface area contributed by atoms with Crippen molar-refractivity contribution in [2.45, 2.75) is 13.2 Å². The zero-order valence-electron chi connectivity index (χ0n) is 6.37. The number of hydrogen-bond acceptors (Lipinski definition) is 2. The molecule has 4 heteroatoms. The van der Waals surface area contributed by atoms with Crippen molar-refractivity contribution < 1.29 is 31.1 Å². The van der Waals surface area contributed by atoms with Gasteiger partial charge in [-0.2, -0.15) is 4.57 Å². The summed E-state index contributed by atoms with van der Waals surface area (Å²) in [6.07, 6.45) is 1.88. The molecule has 2 rings (SSSR count). The van der Waals surface area contributed by atoms with E-state index in [-0.39, 0.29) is 23.0 Å². The fourth-order valence-electron chi connectivity index (χ4n) is 1.14. The Balaban J connectivity index is 0.000000720. The normalized spacial score (nSPS) is 14.2. The van der Waals surface area contributed by atoms with Crippen molar-refractivity contribution in [3.05, 3.63) is 30.1 Å². The van der Waals surface area contributed by atoms with E-state index in [9.17, 15) is 4.79 Å². The van der Waals surface area contributed by atoms with Crippen LogP contribution in [-0.2, 0) is 22.7 Å². The summed E-state index contributed by atoms with van der Waals surface area (Å²) >= 11 is 0. The van der Waals surface area contributed by atoms with Gasteiger partial charge < -0.3 is 21.7 Å². The van der Waals surface area contributed by atoms with Crippen LogP contribution in [0.5, 0.6) is 0 Å². The number of carbonyl (C=O) groups excluding carboxylic acids is 1. The van der Waals surface area contributed by atoms with Crippen molar-refractivity contribution in [3.63, 3.8) is 0 Å². The predicted molar refractivity (Wildman–Crippen MR) is 36.4 cm³/mol. The van der Waals surface area contributed by atoms with Gasteiger partial charge in [0.15, 0.2) is 12.8 Å². The van der Waals surface area contributed by atoms with Crippen molar-refractivity contribution in [2.24, 2.45) is 0 Å². The Morgan fingerprint density at radius 2 is 2.25 bits per heavy atom. The van der Waals surface area contributed by atoms with Crippen LogP contribution in [0.4, 0.5) is 0 Å². The second-order valence-corrected chi connectivity index (χ2v) is 2.48. The van der Waals surface area contributed by atoms with Crippen LogP contribution in [0.2, 0.25) is 0 Å². The van der Waals surface area contributed by atoms with Gasteiger partial charge >= 0.3 is 5.97 Å². The summed E-state index contributed by atoms with van der Waals surface area (Å²) in [5, 5.41) is 0. The van der Waals surface area contributed by atoms with E-state index in [1.54, 1.807) is 0 Å². The van der Waals surface area contributed by atoms with Gasteiger partial charge in [0.25, 0.3) is 0 Å². The van der Waals surface area contributed by atoms with Gasteiger partial charge in [-0.25, -0.2) is 4.79 Å². The Hall–Kier alpha value is -0.900. The maximum Gasteiger partial charge on any atom is 0.373 e. The van der Waals surface area contributed by atoms with E-state index in [0.29, 0.717) is 13.2 Å². The van der Waals surface area contributed by atoms with E-state index < -0.39 is 0 Å². The average Bonchev–Trinajstić information content (AvgIpc) is 2.04. The first-order valence-electron chi connectivity index (χ1n) is 3.49. The molecule has 0 aromatic carbocycles. The van der Waals surface area contributed by atoms with E-state index >= 15 is 0 Å². The highest BCUT2D eigenvalue weighted by molar-refractivity contribution is 5.68. The first-order valence-corrected chi connectivity index (χ1v) is 3.49. The molecule has 0 saturated carbocycles. The van der Waals surface area contributed by atoms with Crippen LogP contribution in [0.15, 0.2) is 24.4 Å². The molecule has 0 unspecified atom stereocenters. The van der Waals surface area contributed by atoms with Gasteiger partial charge in [-0.15, -0.1) is 0 Å². The zero-order valence-corrected chi connectivity index (χ0v) is 7.95. The molecule has 2 heterocycles. The SMILES string of the molecule is O=C1C[n+]2ccccc2CO1.[Br-]. The number of carbonyl (C=O) groups is 1. The lowest BCUT2D eigenvalue weighted by atomic mass is 10.3. The highest BCUT2D eigenvalue weighted by Crippen LogP contribution is 1.99. The Bertz CT molecular complexity index is 301. The van der Waals surface area contributed by atoms with Crippen molar-refractivity contribution in [3.8, 4) is 0 Å². The van der Waals surface area contributed by atoms with E-state index in [1.807, 2.05) is 29.0 Å². The summed E-state index contributed by atoms with van der Waals surface area (Å²) in [5.74, 6) is -0.159. The van der Waals surface area contributed by atoms with Crippen molar-refractivity contribution in [1.82, 2.24) is 0 Å². The first-order chi connectivity index (χ1) is 5.36. The fourth-order valence-corrected chi connectivity index (χ4v) is 1.14. The Morgan fingerprint density at radius 3 is 3.08 bits per heavy atom. The second kappa shape index (κ2) is 3.67. The maximum absolute atomic E-state index is 10.8. The average molecular weight is 230 g/mol. The number of nitrogens with zero attached hydrogens (tertiary/aromatic N) is 1. The van der Waals surface area contributed by atoms with E-state index in [4.69, 9.17) is 4.74 Å². The second-order valence-electron chi connectivity index (χ2n) is 2.48. The summed E-state index contributed by atoms with van der Waals surface area (Å²) in [4.78, 5) is 10.8. The lowest BCUT2D eigenvalue weighted by Crippen LogP contribution is -3.00. The summed E-state index contributed by atoms with van der Waals surface area (Å²) in [5.41, 5.74) is 1.05. The lowest BCUT2D eigenvalue weighted by molar-refractivity contribution is -0.701. The molecule has 1 aromatic rings. The van der Waals surface area contributed by atoms with E-state index in [2.05, 4.69) is 0 Å². The summed E-state index contributed by atoms with van der Waals surface area (Å²) in [6, 6.07) is 5.79. The molecule has 0 atom stereocenters. The molecular weight excluding hydrogens is 222 g/mol. The summed E-state index contributed by atoms with van der Waals surface area (Å²) < 4.78 is 6.74. The number of rotatable bonds is 0. The highest BCUT2D eigenvalue weighted by Gasteiger charge is 2.21. The largest absolute Gasteiger partial charge is 1.00 e. The zero-order chi connectivity index (χ0) is 7.68. The fraction of sp³-hybridized carbons (Fsp3) is 0.250. The van der Waals surface area contributed by atoms with E-state index in [0.717, 1.165) is 5.69 Å². The molecule has 12 heavy (non-hydrogen) atoms. The van der Waals surface area contributed by atoms with Crippen molar-refractivity contribution >= 4 is 5.97 Å². The van der Waals surface area contributed by atoms with Crippen molar-refractivity contribution in [1.29, 1.82) is 0 Å². The van der Waals surface area contributed by atoms with Gasteiger partial charge in [0.05, 0.1) is 0 Å². The molecule has 0 aliphatic carbocycles. The third kappa shape index (κ3) is 1.64. The quantitative estimate of drug-likeness (QED) is 0.352.